The van der Waals surface area contributed by atoms with Crippen molar-refractivity contribution in [1.29, 1.82) is 0 Å². The highest BCUT2D eigenvalue weighted by molar-refractivity contribution is 7.90. The number of rotatable bonds is 3. The maximum atomic E-state index is 13.0. The van der Waals surface area contributed by atoms with Crippen LogP contribution in [0.25, 0.3) is 5.52 Å². The second-order valence-electron chi connectivity index (χ2n) is 6.42. The molecule has 1 aliphatic heterocycles. The van der Waals surface area contributed by atoms with E-state index in [1.807, 2.05) is 4.90 Å². The molecule has 1 saturated heterocycles. The maximum absolute atomic E-state index is 13.0. The van der Waals surface area contributed by atoms with Gasteiger partial charge >= 0.3 is 0 Å². The predicted molar refractivity (Wildman–Crippen MR) is 87.2 cm³/mol. The molecule has 23 heavy (non-hydrogen) atoms. The quantitative estimate of drug-likeness (QED) is 0.860. The minimum Gasteiger partial charge on any atom is -0.334 e. The van der Waals surface area contributed by atoms with Gasteiger partial charge in [0.25, 0.3) is 5.91 Å². The number of hydrogen-bond donors (Lipinski definition) is 0. The molecule has 3 rings (SSSR count). The third-order valence-electron chi connectivity index (χ3n) is 4.38. The van der Waals surface area contributed by atoms with Crippen molar-refractivity contribution in [1.82, 2.24) is 14.3 Å². The fourth-order valence-corrected chi connectivity index (χ4v) is 4.08. The van der Waals surface area contributed by atoms with Gasteiger partial charge in [0.15, 0.2) is 5.69 Å². The standard InChI is InChI=1S/C16H21N3O3S/c1-11(2)12-8-6-10-18(12)15(20)14-13-7-4-5-9-19(13)16(17-14)23(3,21)22/h4-5,7,9,11-12H,6,8,10H2,1-3H3. The number of likely N-dealkylation sites (tertiary alicyclic amines) is 1. The molecule has 3 heterocycles. The normalized spacial score (nSPS) is 19.0. The zero-order chi connectivity index (χ0) is 16.8. The second-order valence-corrected chi connectivity index (χ2v) is 8.33. The number of nitrogens with zero attached hydrogens (tertiary/aromatic N) is 3. The SMILES string of the molecule is CC(C)C1CCCN1C(=O)c1nc(S(C)(=O)=O)n2ccccc12. The summed E-state index contributed by atoms with van der Waals surface area (Å²) >= 11 is 0. The lowest BCUT2D eigenvalue weighted by Crippen LogP contribution is -2.38. The zero-order valence-corrected chi connectivity index (χ0v) is 14.4. The van der Waals surface area contributed by atoms with Crippen molar-refractivity contribution in [2.75, 3.05) is 12.8 Å². The van der Waals surface area contributed by atoms with Crippen molar-refractivity contribution in [3.05, 3.63) is 30.1 Å². The first-order valence-electron chi connectivity index (χ1n) is 7.79. The van der Waals surface area contributed by atoms with Gasteiger partial charge in [0.1, 0.15) is 0 Å². The summed E-state index contributed by atoms with van der Waals surface area (Å²) in [5, 5.41) is -0.0863. The average Bonchev–Trinajstić information content (AvgIpc) is 3.11. The van der Waals surface area contributed by atoms with E-state index in [-0.39, 0.29) is 22.8 Å². The molecule has 0 bridgehead atoms. The van der Waals surface area contributed by atoms with Crippen LogP contribution in [0.2, 0.25) is 0 Å². The van der Waals surface area contributed by atoms with E-state index in [2.05, 4.69) is 18.8 Å². The Morgan fingerprint density at radius 1 is 1.35 bits per heavy atom. The Balaban J connectivity index is 2.12. The van der Waals surface area contributed by atoms with Crippen LogP contribution in [0, 0.1) is 5.92 Å². The number of imidazole rings is 1. The van der Waals surface area contributed by atoms with E-state index in [1.54, 1.807) is 24.4 Å². The van der Waals surface area contributed by atoms with Gasteiger partial charge in [-0.25, -0.2) is 13.4 Å². The number of carbonyl (C=O) groups excluding carboxylic acids is 1. The first-order chi connectivity index (χ1) is 10.8. The summed E-state index contributed by atoms with van der Waals surface area (Å²) in [6.45, 7) is 4.90. The number of amides is 1. The number of aromatic nitrogens is 2. The highest BCUT2D eigenvalue weighted by Gasteiger charge is 2.34. The van der Waals surface area contributed by atoms with E-state index in [0.29, 0.717) is 18.0 Å². The Bertz CT molecular complexity index is 855. The van der Waals surface area contributed by atoms with Gasteiger partial charge in [0.2, 0.25) is 15.0 Å². The molecular formula is C16H21N3O3S. The summed E-state index contributed by atoms with van der Waals surface area (Å²) in [6.07, 6.45) is 4.68. The molecule has 2 aromatic heterocycles. The van der Waals surface area contributed by atoms with E-state index in [4.69, 9.17) is 0 Å². The van der Waals surface area contributed by atoms with Crippen LogP contribution in [0.3, 0.4) is 0 Å². The summed E-state index contributed by atoms with van der Waals surface area (Å²) < 4.78 is 25.4. The highest BCUT2D eigenvalue weighted by atomic mass is 32.2. The molecule has 1 aliphatic rings. The van der Waals surface area contributed by atoms with Crippen LogP contribution in [0.4, 0.5) is 0 Å². The zero-order valence-electron chi connectivity index (χ0n) is 13.6. The Morgan fingerprint density at radius 3 is 2.74 bits per heavy atom. The van der Waals surface area contributed by atoms with Gasteiger partial charge in [-0.05, 0) is 30.9 Å². The van der Waals surface area contributed by atoms with E-state index >= 15 is 0 Å². The molecule has 1 unspecified atom stereocenters. The molecular weight excluding hydrogens is 314 g/mol. The maximum Gasteiger partial charge on any atom is 0.275 e. The van der Waals surface area contributed by atoms with E-state index in [9.17, 15) is 13.2 Å². The number of pyridine rings is 1. The van der Waals surface area contributed by atoms with E-state index in [0.717, 1.165) is 19.1 Å². The summed E-state index contributed by atoms with van der Waals surface area (Å²) in [5.74, 6) is 0.185. The van der Waals surface area contributed by atoms with E-state index in [1.165, 1.54) is 4.40 Å². The Hall–Kier alpha value is -1.89. The Morgan fingerprint density at radius 2 is 2.09 bits per heavy atom. The third-order valence-corrected chi connectivity index (χ3v) is 5.33. The second kappa shape index (κ2) is 5.63. The fraction of sp³-hybridized carbons (Fsp3) is 0.500. The van der Waals surface area contributed by atoms with Crippen molar-refractivity contribution < 1.29 is 13.2 Å². The lowest BCUT2D eigenvalue weighted by atomic mass is 10.0. The fourth-order valence-electron chi connectivity index (χ4n) is 3.30. The molecule has 0 radical (unpaired) electrons. The lowest BCUT2D eigenvalue weighted by Gasteiger charge is -2.27. The van der Waals surface area contributed by atoms with E-state index < -0.39 is 9.84 Å². The molecule has 0 aromatic carbocycles. The van der Waals surface area contributed by atoms with Crippen LogP contribution in [0.15, 0.2) is 29.6 Å². The van der Waals surface area contributed by atoms with Crippen molar-refractivity contribution in [2.45, 2.75) is 37.9 Å². The van der Waals surface area contributed by atoms with Crippen molar-refractivity contribution >= 4 is 21.3 Å². The first kappa shape index (κ1) is 16.0. The van der Waals surface area contributed by atoms with Gasteiger partial charge in [-0.2, -0.15) is 0 Å². The monoisotopic (exact) mass is 335 g/mol. The molecule has 0 N–H and O–H groups in total. The number of fused-ring (bicyclic) bond motifs is 1. The van der Waals surface area contributed by atoms with Crippen LogP contribution in [0.5, 0.6) is 0 Å². The molecule has 2 aromatic rings. The highest BCUT2D eigenvalue weighted by Crippen LogP contribution is 2.27. The van der Waals surface area contributed by atoms with Crippen LogP contribution in [-0.2, 0) is 9.84 Å². The number of carbonyl (C=O) groups is 1. The average molecular weight is 335 g/mol. The van der Waals surface area contributed by atoms with Crippen LogP contribution in [-0.4, -0.2) is 47.5 Å². The van der Waals surface area contributed by atoms with Gasteiger partial charge in [-0.1, -0.05) is 19.9 Å². The summed E-state index contributed by atoms with van der Waals surface area (Å²) in [4.78, 5) is 19.0. The number of hydrogen-bond acceptors (Lipinski definition) is 4. The topological polar surface area (TPSA) is 71.8 Å². The lowest BCUT2D eigenvalue weighted by molar-refractivity contribution is 0.0698. The minimum atomic E-state index is -3.51. The predicted octanol–water partition coefficient (Wildman–Crippen LogP) is 2.00. The van der Waals surface area contributed by atoms with Crippen molar-refractivity contribution in [2.24, 2.45) is 5.92 Å². The summed E-state index contributed by atoms with van der Waals surface area (Å²) in [7, 11) is -3.51. The van der Waals surface area contributed by atoms with Crippen molar-refractivity contribution in [3.63, 3.8) is 0 Å². The third kappa shape index (κ3) is 2.73. The molecule has 124 valence electrons. The van der Waals surface area contributed by atoms with Gasteiger partial charge in [0.05, 0.1) is 5.52 Å². The van der Waals surface area contributed by atoms with Crippen molar-refractivity contribution in [3.8, 4) is 0 Å². The van der Waals surface area contributed by atoms with Gasteiger partial charge in [-0.3, -0.25) is 9.20 Å². The minimum absolute atomic E-state index is 0.0863. The summed E-state index contributed by atoms with van der Waals surface area (Å²) in [6, 6.07) is 5.42. The van der Waals surface area contributed by atoms with Gasteiger partial charge in [0, 0.05) is 25.0 Å². The molecule has 0 spiro atoms. The molecule has 6 nitrogen and oxygen atoms in total. The smallest absolute Gasteiger partial charge is 0.275 e. The molecule has 1 amide bonds. The molecule has 1 atom stereocenters. The van der Waals surface area contributed by atoms with Crippen LogP contribution < -0.4 is 0 Å². The molecule has 0 saturated carbocycles. The summed E-state index contributed by atoms with van der Waals surface area (Å²) in [5.41, 5.74) is 0.755. The van der Waals surface area contributed by atoms with Gasteiger partial charge < -0.3 is 4.90 Å². The van der Waals surface area contributed by atoms with Gasteiger partial charge in [-0.15, -0.1) is 0 Å². The van der Waals surface area contributed by atoms with Crippen LogP contribution in [0.1, 0.15) is 37.2 Å². The number of sulfone groups is 1. The Labute approximate surface area is 136 Å². The first-order valence-corrected chi connectivity index (χ1v) is 9.68. The van der Waals surface area contributed by atoms with Crippen LogP contribution >= 0.6 is 0 Å². The largest absolute Gasteiger partial charge is 0.334 e. The molecule has 1 fully saturated rings. The molecule has 0 aliphatic carbocycles. The Kier molecular flexibility index (Phi) is 3.91. The molecule has 7 heteroatoms.